The summed E-state index contributed by atoms with van der Waals surface area (Å²) in [6.07, 6.45) is 1.95. The van der Waals surface area contributed by atoms with E-state index in [1.54, 1.807) is 0 Å². The van der Waals surface area contributed by atoms with Crippen LogP contribution in [0.4, 0.5) is 0 Å². The molecule has 0 aliphatic rings. The first-order valence-electron chi connectivity index (χ1n) is 7.96. The van der Waals surface area contributed by atoms with Gasteiger partial charge in [0.05, 0.1) is 0 Å². The molecule has 24 heavy (non-hydrogen) atoms. The largest absolute Gasteiger partial charge is 0.320 e. The molecular formula is C19H21N2OPS. The molecule has 0 amide bonds. The lowest BCUT2D eigenvalue weighted by Gasteiger charge is -2.19. The van der Waals surface area contributed by atoms with Crippen LogP contribution in [0.3, 0.4) is 0 Å². The van der Waals surface area contributed by atoms with Crippen molar-refractivity contribution in [1.82, 2.24) is 9.13 Å². The van der Waals surface area contributed by atoms with Gasteiger partial charge in [-0.2, -0.15) is 0 Å². The van der Waals surface area contributed by atoms with E-state index in [0.29, 0.717) is 4.77 Å². The Kier molecular flexibility index (Phi) is 4.62. The summed E-state index contributed by atoms with van der Waals surface area (Å²) >= 11 is 5.56. The average molecular weight is 356 g/mol. The normalized spacial score (nSPS) is 11.8. The van der Waals surface area contributed by atoms with Gasteiger partial charge < -0.3 is 13.7 Å². The third kappa shape index (κ3) is 2.70. The number of aromatic nitrogens is 2. The van der Waals surface area contributed by atoms with Crippen LogP contribution in [0.25, 0.3) is 0 Å². The number of benzene rings is 2. The maximum absolute atomic E-state index is 14.3. The molecular weight excluding hydrogens is 335 g/mol. The van der Waals surface area contributed by atoms with Gasteiger partial charge >= 0.3 is 0 Å². The monoisotopic (exact) mass is 356 g/mol. The van der Waals surface area contributed by atoms with Crippen molar-refractivity contribution in [3.63, 3.8) is 0 Å². The fourth-order valence-corrected chi connectivity index (χ4v) is 6.13. The first kappa shape index (κ1) is 16.9. The molecule has 3 aromatic rings. The zero-order valence-corrected chi connectivity index (χ0v) is 15.8. The molecule has 1 aromatic heterocycles. The van der Waals surface area contributed by atoms with Gasteiger partial charge in [-0.25, -0.2) is 0 Å². The van der Waals surface area contributed by atoms with E-state index in [9.17, 15) is 4.57 Å². The minimum Gasteiger partial charge on any atom is -0.320 e. The van der Waals surface area contributed by atoms with Gasteiger partial charge in [-0.05, 0) is 26.1 Å². The molecule has 0 unspecified atom stereocenters. The summed E-state index contributed by atoms with van der Waals surface area (Å²) in [6.45, 7) is 4.16. The Labute approximate surface area is 148 Å². The highest BCUT2D eigenvalue weighted by molar-refractivity contribution is 7.85. The molecule has 3 nitrogen and oxygen atoms in total. The summed E-state index contributed by atoms with van der Waals surface area (Å²) in [5.41, 5.74) is 0.763. The summed E-state index contributed by atoms with van der Waals surface area (Å²) in [6, 6.07) is 19.6. The lowest BCUT2D eigenvalue weighted by atomic mass is 10.4. The van der Waals surface area contributed by atoms with E-state index in [0.717, 1.165) is 16.0 Å². The summed E-state index contributed by atoms with van der Waals surface area (Å²) < 4.78 is 18.9. The van der Waals surface area contributed by atoms with E-state index >= 15 is 0 Å². The number of nitrogens with zero attached hydrogens (tertiary/aromatic N) is 2. The zero-order chi connectivity index (χ0) is 17.3. The molecule has 0 fully saturated rings. The smallest absolute Gasteiger partial charge is 0.188 e. The highest BCUT2D eigenvalue weighted by atomic mass is 32.1. The Balaban J connectivity index is 2.35. The van der Waals surface area contributed by atoms with Crippen LogP contribution >= 0.6 is 19.4 Å². The van der Waals surface area contributed by atoms with Crippen LogP contribution < -0.4 is 16.0 Å². The third-order valence-corrected chi connectivity index (χ3v) is 7.82. The van der Waals surface area contributed by atoms with Gasteiger partial charge in [0.2, 0.25) is 0 Å². The van der Waals surface area contributed by atoms with Crippen LogP contribution in [-0.2, 0) is 11.6 Å². The molecule has 2 aromatic carbocycles. The van der Waals surface area contributed by atoms with Crippen LogP contribution in [0.1, 0.15) is 19.9 Å². The number of hydrogen-bond acceptors (Lipinski definition) is 2. The molecule has 0 bridgehead atoms. The number of hydrogen-bond donors (Lipinski definition) is 0. The van der Waals surface area contributed by atoms with Gasteiger partial charge in [-0.1, -0.05) is 60.7 Å². The highest BCUT2D eigenvalue weighted by Crippen LogP contribution is 2.42. The van der Waals surface area contributed by atoms with Crippen molar-refractivity contribution in [2.24, 2.45) is 7.05 Å². The van der Waals surface area contributed by atoms with Gasteiger partial charge in [0, 0.05) is 29.9 Å². The van der Waals surface area contributed by atoms with Crippen LogP contribution in [0.2, 0.25) is 0 Å². The fourth-order valence-electron chi connectivity index (χ4n) is 2.89. The molecule has 3 rings (SSSR count). The quantitative estimate of drug-likeness (QED) is 0.525. The lowest BCUT2D eigenvalue weighted by Crippen LogP contribution is -2.28. The minimum atomic E-state index is -2.98. The second-order valence-electron chi connectivity index (χ2n) is 6.11. The molecule has 0 spiro atoms. The summed E-state index contributed by atoms with van der Waals surface area (Å²) in [5, 5.41) is 1.64. The van der Waals surface area contributed by atoms with E-state index in [4.69, 9.17) is 12.2 Å². The maximum atomic E-state index is 14.3. The van der Waals surface area contributed by atoms with Crippen LogP contribution in [0.15, 0.2) is 66.9 Å². The second kappa shape index (κ2) is 6.54. The topological polar surface area (TPSA) is 26.9 Å². The van der Waals surface area contributed by atoms with E-state index in [-0.39, 0.29) is 6.04 Å². The van der Waals surface area contributed by atoms with Crippen molar-refractivity contribution >= 4 is 35.4 Å². The van der Waals surface area contributed by atoms with Crippen molar-refractivity contribution in [3.8, 4) is 0 Å². The van der Waals surface area contributed by atoms with Gasteiger partial charge in [0.25, 0.3) is 0 Å². The Morgan fingerprint density at radius 1 is 0.917 bits per heavy atom. The van der Waals surface area contributed by atoms with E-state index < -0.39 is 7.14 Å². The molecule has 0 saturated heterocycles. The van der Waals surface area contributed by atoms with Crippen molar-refractivity contribution in [2.75, 3.05) is 0 Å². The lowest BCUT2D eigenvalue weighted by molar-refractivity contribution is 0.582. The van der Waals surface area contributed by atoms with Crippen molar-refractivity contribution in [1.29, 1.82) is 0 Å². The van der Waals surface area contributed by atoms with Gasteiger partial charge in [-0.3, -0.25) is 0 Å². The Bertz CT molecular complexity index is 899. The molecule has 0 radical (unpaired) electrons. The predicted molar refractivity (Wildman–Crippen MR) is 104 cm³/mol. The Morgan fingerprint density at radius 2 is 1.38 bits per heavy atom. The summed E-state index contributed by atoms with van der Waals surface area (Å²) in [5.74, 6) is 0. The van der Waals surface area contributed by atoms with E-state index in [1.807, 2.05) is 83.0 Å². The van der Waals surface area contributed by atoms with Crippen LogP contribution in [0.5, 0.6) is 0 Å². The molecule has 5 heteroatoms. The second-order valence-corrected chi connectivity index (χ2v) is 9.18. The van der Waals surface area contributed by atoms with Crippen molar-refractivity contribution < 1.29 is 4.57 Å². The standard InChI is InChI=1S/C19H21N2OPS/c1-15(2)21-14-18(20(3)19(21)24)23(22,16-10-6-4-7-11-16)17-12-8-5-9-13-17/h4-15H,1-3H3. The minimum absolute atomic E-state index is 0.220. The summed E-state index contributed by atoms with van der Waals surface area (Å²) in [4.78, 5) is 0. The van der Waals surface area contributed by atoms with Gasteiger partial charge in [0.15, 0.2) is 11.9 Å². The number of rotatable bonds is 4. The molecule has 1 heterocycles. The predicted octanol–water partition coefficient (Wildman–Crippen LogP) is 3.78. The molecule has 0 atom stereocenters. The fraction of sp³-hybridized carbons (Fsp3) is 0.211. The van der Waals surface area contributed by atoms with Gasteiger partial charge in [-0.15, -0.1) is 0 Å². The van der Waals surface area contributed by atoms with Crippen LogP contribution in [0, 0.1) is 4.77 Å². The maximum Gasteiger partial charge on any atom is 0.188 e. The number of imidazole rings is 1. The van der Waals surface area contributed by atoms with Gasteiger partial charge in [0.1, 0.15) is 5.44 Å². The molecule has 124 valence electrons. The SMILES string of the molecule is CC(C)n1cc(P(=O)(c2ccccc2)c2ccccc2)n(C)c1=S. The first-order valence-corrected chi connectivity index (χ1v) is 10.1. The van der Waals surface area contributed by atoms with Crippen molar-refractivity contribution in [3.05, 3.63) is 71.6 Å². The zero-order valence-electron chi connectivity index (χ0n) is 14.1. The molecule has 0 saturated carbocycles. The first-order chi connectivity index (χ1) is 11.5. The van der Waals surface area contributed by atoms with Crippen molar-refractivity contribution in [2.45, 2.75) is 19.9 Å². The van der Waals surface area contributed by atoms with E-state index in [2.05, 4.69) is 13.8 Å². The van der Waals surface area contributed by atoms with Crippen LogP contribution in [-0.4, -0.2) is 9.13 Å². The summed E-state index contributed by atoms with van der Waals surface area (Å²) in [7, 11) is -1.09. The van der Waals surface area contributed by atoms with E-state index in [1.165, 1.54) is 0 Å². The Morgan fingerprint density at radius 3 is 1.75 bits per heavy atom. The highest BCUT2D eigenvalue weighted by Gasteiger charge is 2.33. The molecule has 0 aliphatic carbocycles. The molecule has 0 N–H and O–H groups in total. The third-order valence-electron chi connectivity index (χ3n) is 4.22. The molecule has 0 aliphatic heterocycles. The Hall–Kier alpha value is -1.90. The average Bonchev–Trinajstić information content (AvgIpc) is 2.92.